The molecule has 0 atom stereocenters. The number of hydrogen-bond donors (Lipinski definition) is 1. The number of benzene rings is 1. The first kappa shape index (κ1) is 13.6. The molecule has 0 amide bonds. The van der Waals surface area contributed by atoms with E-state index >= 15 is 0 Å². The molecule has 0 radical (unpaired) electrons. The number of aryl methyl sites for hydroxylation is 3. The van der Waals surface area contributed by atoms with Crippen LogP contribution >= 0.6 is 27.3 Å². The number of thiazole rings is 1. The van der Waals surface area contributed by atoms with Crippen LogP contribution in [0.5, 0.6) is 0 Å². The van der Waals surface area contributed by atoms with E-state index in [2.05, 4.69) is 59.1 Å². The molecule has 0 fully saturated rings. The minimum atomic E-state index is 0.848. The van der Waals surface area contributed by atoms with Gasteiger partial charge in [-0.05, 0) is 43.5 Å². The molecule has 0 saturated carbocycles. The average Bonchev–Trinajstić information content (AvgIpc) is 2.75. The first-order valence-electron chi connectivity index (χ1n) is 6.04. The molecule has 2 rings (SSSR count). The molecule has 0 saturated heterocycles. The molecule has 1 heterocycles. The highest BCUT2D eigenvalue weighted by molar-refractivity contribution is 9.10. The van der Waals surface area contributed by atoms with E-state index in [9.17, 15) is 0 Å². The molecule has 0 spiro atoms. The van der Waals surface area contributed by atoms with Gasteiger partial charge in [0, 0.05) is 21.2 Å². The van der Waals surface area contributed by atoms with Crippen molar-refractivity contribution >= 4 is 33.0 Å². The number of halogens is 1. The van der Waals surface area contributed by atoms with Crippen LogP contribution in [0.15, 0.2) is 22.8 Å². The lowest BCUT2D eigenvalue weighted by atomic mass is 10.1. The van der Waals surface area contributed by atoms with Gasteiger partial charge in [-0.15, -0.1) is 11.3 Å². The Kier molecular flexibility index (Phi) is 4.40. The molecule has 18 heavy (non-hydrogen) atoms. The maximum absolute atomic E-state index is 4.38. The summed E-state index contributed by atoms with van der Waals surface area (Å²) in [7, 11) is 0. The Hall–Kier alpha value is -0.870. The number of nitrogens with one attached hydrogen (secondary N) is 1. The molecule has 2 aromatic rings. The summed E-state index contributed by atoms with van der Waals surface area (Å²) in [5.74, 6) is 0. The van der Waals surface area contributed by atoms with Gasteiger partial charge in [0.2, 0.25) is 0 Å². The van der Waals surface area contributed by atoms with Crippen LogP contribution in [0.3, 0.4) is 0 Å². The van der Waals surface area contributed by atoms with Gasteiger partial charge in [0.25, 0.3) is 0 Å². The fourth-order valence-corrected chi connectivity index (χ4v) is 3.45. The largest absolute Gasteiger partial charge is 0.380 e. The summed E-state index contributed by atoms with van der Waals surface area (Å²) in [5.41, 5.74) is 3.76. The van der Waals surface area contributed by atoms with E-state index < -0.39 is 0 Å². The predicted molar refractivity (Wildman–Crippen MR) is 82.4 cm³/mol. The Morgan fingerprint density at radius 1 is 1.28 bits per heavy atom. The maximum atomic E-state index is 4.38. The van der Waals surface area contributed by atoms with E-state index in [1.165, 1.54) is 26.7 Å². The third-order valence-electron chi connectivity index (χ3n) is 2.84. The van der Waals surface area contributed by atoms with E-state index in [1.807, 2.05) is 6.20 Å². The summed E-state index contributed by atoms with van der Waals surface area (Å²) >= 11 is 5.30. The second-order valence-electron chi connectivity index (χ2n) is 4.34. The van der Waals surface area contributed by atoms with Gasteiger partial charge in [0.15, 0.2) is 0 Å². The van der Waals surface area contributed by atoms with E-state index in [4.69, 9.17) is 0 Å². The van der Waals surface area contributed by atoms with Crippen molar-refractivity contribution in [3.8, 4) is 0 Å². The first-order valence-corrected chi connectivity index (χ1v) is 7.65. The number of aromatic nitrogens is 1. The summed E-state index contributed by atoms with van der Waals surface area (Å²) in [4.78, 5) is 5.66. The minimum Gasteiger partial charge on any atom is -0.380 e. The van der Waals surface area contributed by atoms with Crippen molar-refractivity contribution in [3.63, 3.8) is 0 Å². The van der Waals surface area contributed by atoms with Gasteiger partial charge in [-0.25, -0.2) is 4.98 Å². The quantitative estimate of drug-likeness (QED) is 0.881. The van der Waals surface area contributed by atoms with Gasteiger partial charge in [-0.2, -0.15) is 0 Å². The van der Waals surface area contributed by atoms with Gasteiger partial charge < -0.3 is 5.32 Å². The minimum absolute atomic E-state index is 0.848. The Morgan fingerprint density at radius 3 is 2.50 bits per heavy atom. The highest BCUT2D eigenvalue weighted by Gasteiger charge is 2.05. The predicted octanol–water partition coefficient (Wildman–Crippen LogP) is 4.70. The van der Waals surface area contributed by atoms with Gasteiger partial charge >= 0.3 is 0 Å². The summed E-state index contributed by atoms with van der Waals surface area (Å²) in [6.45, 7) is 7.24. The van der Waals surface area contributed by atoms with Crippen molar-refractivity contribution in [1.82, 2.24) is 4.98 Å². The third kappa shape index (κ3) is 3.12. The molecule has 4 heteroatoms. The lowest BCUT2D eigenvalue weighted by Crippen LogP contribution is -2.01. The molecule has 1 N–H and O–H groups in total. The third-order valence-corrected chi connectivity index (χ3v) is 4.44. The highest BCUT2D eigenvalue weighted by Crippen LogP contribution is 2.26. The highest BCUT2D eigenvalue weighted by atomic mass is 79.9. The number of nitrogens with zero attached hydrogens (tertiary/aromatic N) is 1. The first-order chi connectivity index (χ1) is 8.60. The van der Waals surface area contributed by atoms with Crippen molar-refractivity contribution in [3.05, 3.63) is 43.8 Å². The molecular weight excluding hydrogens is 308 g/mol. The molecule has 96 valence electrons. The molecule has 2 nitrogen and oxygen atoms in total. The van der Waals surface area contributed by atoms with Gasteiger partial charge in [0.1, 0.15) is 0 Å². The lowest BCUT2D eigenvalue weighted by molar-refractivity contribution is 1.08. The summed E-state index contributed by atoms with van der Waals surface area (Å²) in [6.07, 6.45) is 2.99. The molecule has 0 unspecified atom stereocenters. The fourth-order valence-electron chi connectivity index (χ4n) is 1.96. The number of rotatable bonds is 4. The topological polar surface area (TPSA) is 24.9 Å². The Bertz CT molecular complexity index is 525. The second-order valence-corrected chi connectivity index (χ2v) is 6.46. The van der Waals surface area contributed by atoms with Crippen LogP contribution in [-0.2, 0) is 13.0 Å². The lowest BCUT2D eigenvalue weighted by Gasteiger charge is -2.12. The maximum Gasteiger partial charge on any atom is 0.0925 e. The van der Waals surface area contributed by atoms with Crippen molar-refractivity contribution in [2.45, 2.75) is 33.7 Å². The second kappa shape index (κ2) is 5.85. The SMILES string of the molecule is CCc1ncc(CNc2c(C)cc(Br)cc2C)s1. The van der Waals surface area contributed by atoms with Crippen molar-refractivity contribution in [1.29, 1.82) is 0 Å². The number of hydrogen-bond acceptors (Lipinski definition) is 3. The van der Waals surface area contributed by atoms with Crippen LogP contribution in [-0.4, -0.2) is 4.98 Å². The van der Waals surface area contributed by atoms with E-state index in [1.54, 1.807) is 11.3 Å². The molecule has 1 aromatic carbocycles. The van der Waals surface area contributed by atoms with E-state index in [0.29, 0.717) is 0 Å². The monoisotopic (exact) mass is 324 g/mol. The van der Waals surface area contributed by atoms with Crippen molar-refractivity contribution in [2.24, 2.45) is 0 Å². The summed E-state index contributed by atoms with van der Waals surface area (Å²) < 4.78 is 1.13. The molecule has 0 bridgehead atoms. The van der Waals surface area contributed by atoms with E-state index in [-0.39, 0.29) is 0 Å². The van der Waals surface area contributed by atoms with Gasteiger partial charge in [0.05, 0.1) is 11.6 Å². The van der Waals surface area contributed by atoms with Crippen LogP contribution in [0, 0.1) is 13.8 Å². The smallest absolute Gasteiger partial charge is 0.0925 e. The van der Waals surface area contributed by atoms with Crippen LogP contribution in [0.2, 0.25) is 0 Å². The molecular formula is C14H17BrN2S. The van der Waals surface area contributed by atoms with Gasteiger partial charge in [-0.1, -0.05) is 22.9 Å². The molecule has 0 aliphatic carbocycles. The summed E-state index contributed by atoms with van der Waals surface area (Å²) in [5, 5.41) is 4.72. The standard InChI is InChI=1S/C14H17BrN2S/c1-4-13-16-7-12(18-13)8-17-14-9(2)5-11(15)6-10(14)3/h5-7,17H,4,8H2,1-3H3. The van der Waals surface area contributed by atoms with Gasteiger partial charge in [-0.3, -0.25) is 0 Å². The van der Waals surface area contributed by atoms with Crippen LogP contribution in [0.25, 0.3) is 0 Å². The van der Waals surface area contributed by atoms with Crippen LogP contribution in [0.4, 0.5) is 5.69 Å². The van der Waals surface area contributed by atoms with Crippen molar-refractivity contribution < 1.29 is 0 Å². The molecule has 0 aliphatic rings. The summed E-state index contributed by atoms with van der Waals surface area (Å²) in [6, 6.07) is 4.28. The Labute approximate surface area is 121 Å². The Morgan fingerprint density at radius 2 is 1.94 bits per heavy atom. The fraction of sp³-hybridized carbons (Fsp3) is 0.357. The average molecular weight is 325 g/mol. The zero-order chi connectivity index (χ0) is 13.1. The molecule has 1 aromatic heterocycles. The van der Waals surface area contributed by atoms with Crippen molar-refractivity contribution in [2.75, 3.05) is 5.32 Å². The zero-order valence-corrected chi connectivity index (χ0v) is 13.3. The normalized spacial score (nSPS) is 10.7. The van der Waals surface area contributed by atoms with Crippen LogP contribution in [0.1, 0.15) is 27.9 Å². The zero-order valence-electron chi connectivity index (χ0n) is 10.9. The van der Waals surface area contributed by atoms with E-state index in [0.717, 1.165) is 17.4 Å². The molecule has 0 aliphatic heterocycles. The Balaban J connectivity index is 2.10. The van der Waals surface area contributed by atoms with Crippen LogP contribution < -0.4 is 5.32 Å². The number of anilines is 1.